The summed E-state index contributed by atoms with van der Waals surface area (Å²) in [6, 6.07) is 11.4. The Bertz CT molecular complexity index is 3170. The van der Waals surface area contributed by atoms with E-state index in [0.29, 0.717) is 76.7 Å². The molecule has 0 unspecified atom stereocenters. The van der Waals surface area contributed by atoms with Crippen LogP contribution >= 0.6 is 0 Å². The highest BCUT2D eigenvalue weighted by Crippen LogP contribution is 2.46. The summed E-state index contributed by atoms with van der Waals surface area (Å²) >= 11 is 0. The number of halogens is 1. The highest BCUT2D eigenvalue weighted by atomic mass is 19.1. The van der Waals surface area contributed by atoms with Crippen molar-refractivity contribution in [2.75, 3.05) is 32.8 Å². The molecule has 2 aromatic carbocycles. The van der Waals surface area contributed by atoms with E-state index >= 15 is 4.39 Å². The quantitative estimate of drug-likeness (QED) is 0.0343. The largest absolute Gasteiger partial charge is 0.458 e. The molecule has 5 amide bonds. The fourth-order valence-electron chi connectivity index (χ4n) is 10.6. The number of fused-ring (bicyclic) bond motifs is 5. The second kappa shape index (κ2) is 24.2. The van der Waals surface area contributed by atoms with Gasteiger partial charge in [0, 0.05) is 85.2 Å². The summed E-state index contributed by atoms with van der Waals surface area (Å²) < 4.78 is 27.8. The lowest BCUT2D eigenvalue weighted by Gasteiger charge is -2.31. The second-order valence-corrected chi connectivity index (χ2v) is 20.2. The maximum atomic E-state index is 15.4. The van der Waals surface area contributed by atoms with Gasteiger partial charge in [-0.15, -0.1) is 0 Å². The van der Waals surface area contributed by atoms with Crippen LogP contribution in [0, 0.1) is 18.7 Å². The van der Waals surface area contributed by atoms with Crippen LogP contribution in [0.2, 0.25) is 0 Å². The first-order valence-electron chi connectivity index (χ1n) is 26.2. The molecular formula is C57H63FN6O13. The number of nitrogens with zero attached hydrogens (tertiary/aromatic N) is 3. The monoisotopic (exact) mass is 1060 g/mol. The summed E-state index contributed by atoms with van der Waals surface area (Å²) in [5.74, 6) is -5.04. The Hall–Kier alpha value is -7.58. The van der Waals surface area contributed by atoms with Crippen LogP contribution in [0.4, 0.5) is 4.39 Å². The Balaban J connectivity index is 0.782. The molecule has 406 valence electrons. The van der Waals surface area contributed by atoms with Gasteiger partial charge in [-0.1, -0.05) is 43.7 Å². The lowest BCUT2D eigenvalue weighted by atomic mass is 9.81. The maximum absolute atomic E-state index is 15.4. The van der Waals surface area contributed by atoms with Crippen molar-refractivity contribution in [3.05, 3.63) is 109 Å². The number of aryl methyl sites for hydroxylation is 1. The Morgan fingerprint density at radius 1 is 0.870 bits per heavy atom. The number of aliphatic hydroxyl groups is 1. The zero-order valence-corrected chi connectivity index (χ0v) is 43.5. The minimum absolute atomic E-state index is 0.0147. The molecule has 2 aromatic heterocycles. The van der Waals surface area contributed by atoms with Crippen LogP contribution < -0.4 is 21.5 Å². The van der Waals surface area contributed by atoms with Gasteiger partial charge in [0.15, 0.2) is 17.2 Å². The number of ketones is 3. The van der Waals surface area contributed by atoms with Crippen molar-refractivity contribution in [1.29, 1.82) is 0 Å². The van der Waals surface area contributed by atoms with Crippen molar-refractivity contribution in [2.24, 2.45) is 5.92 Å². The summed E-state index contributed by atoms with van der Waals surface area (Å²) in [6.07, 6.45) is 3.81. The molecule has 77 heavy (non-hydrogen) atoms. The molecule has 0 bridgehead atoms. The number of carbonyl (C=O) groups excluding carboxylic acids is 9. The lowest BCUT2D eigenvalue weighted by molar-refractivity contribution is -0.172. The number of rotatable bonds is 26. The second-order valence-electron chi connectivity index (χ2n) is 20.2. The predicted molar refractivity (Wildman–Crippen MR) is 276 cm³/mol. The zero-order valence-electron chi connectivity index (χ0n) is 43.5. The number of imide groups is 1. The Morgan fingerprint density at radius 3 is 2.36 bits per heavy atom. The van der Waals surface area contributed by atoms with Crippen LogP contribution in [0.25, 0.3) is 22.3 Å². The van der Waals surface area contributed by atoms with E-state index in [1.54, 1.807) is 39.0 Å². The number of nitrogens with one attached hydrogen (secondary N) is 3. The van der Waals surface area contributed by atoms with Gasteiger partial charge in [-0.25, -0.2) is 14.2 Å². The fraction of sp³-hybridized carbons (Fsp3) is 0.456. The molecule has 5 heterocycles. The van der Waals surface area contributed by atoms with E-state index in [0.717, 1.165) is 11.1 Å². The molecule has 4 aliphatic rings. The summed E-state index contributed by atoms with van der Waals surface area (Å²) in [7, 11) is 0. The van der Waals surface area contributed by atoms with E-state index in [9.17, 15) is 53.1 Å². The lowest BCUT2D eigenvalue weighted by Crippen LogP contribution is -2.44. The van der Waals surface area contributed by atoms with E-state index in [-0.39, 0.29) is 138 Å². The number of hydrogen-bond donors (Lipinski definition) is 4. The first-order chi connectivity index (χ1) is 36.9. The molecule has 0 fully saturated rings. The Morgan fingerprint density at radius 2 is 1.62 bits per heavy atom. The number of benzene rings is 2. The summed E-state index contributed by atoms with van der Waals surface area (Å²) in [4.78, 5) is 135. The topological polar surface area (TPSA) is 267 Å². The molecule has 0 spiro atoms. The first-order valence-corrected chi connectivity index (χ1v) is 26.2. The van der Waals surface area contributed by atoms with Gasteiger partial charge in [0.05, 0.1) is 61.4 Å². The highest BCUT2D eigenvalue weighted by molar-refractivity contribution is 6.15. The van der Waals surface area contributed by atoms with Crippen molar-refractivity contribution >= 4 is 63.8 Å². The number of hydrogen-bond acceptors (Lipinski definition) is 14. The minimum atomic E-state index is -2.03. The molecule has 3 atom stereocenters. The standard InChI is InChI=1S/C57H63FN6O13/c1-4-57(75)42-26-46-52-40(30-64(46)55(73)41(42)31-77-56(57)74)51-44(16-15-39-33(3)43(58)27-45(62-52)50(39)51)61-48(69)19-22-76-21-18-37(66)28-60-53(71)35(24-34-11-7-5-8-12-34)25-38(67)29-59-47(68)17-14-36(65)13-9-6-10-20-63-49(70)23-32(2)54(63)72/h5,7-8,11-12,23,26-27,35,44,75H,4,6,9-10,13-22,24-25,28-31H2,1-3H3,(H,59,68)(H,60,71)(H,61,69)/t35-,44+,57+/m1/s1. The number of cyclic esters (lactones) is 1. The van der Waals surface area contributed by atoms with Gasteiger partial charge in [-0.05, 0) is 80.7 Å². The summed E-state index contributed by atoms with van der Waals surface area (Å²) in [5, 5.41) is 20.3. The minimum Gasteiger partial charge on any atom is -0.458 e. The molecule has 19 nitrogen and oxygen atoms in total. The highest BCUT2D eigenvalue weighted by Gasteiger charge is 2.46. The predicted octanol–water partition coefficient (Wildman–Crippen LogP) is 4.27. The van der Waals surface area contributed by atoms with Crippen molar-refractivity contribution in [1.82, 2.24) is 30.4 Å². The van der Waals surface area contributed by atoms with Crippen LogP contribution in [-0.4, -0.2) is 105 Å². The number of amides is 5. The van der Waals surface area contributed by atoms with Crippen LogP contribution in [0.15, 0.2) is 58.9 Å². The average molecular weight is 1060 g/mol. The van der Waals surface area contributed by atoms with Gasteiger partial charge < -0.3 is 35.1 Å². The van der Waals surface area contributed by atoms with Crippen LogP contribution in [0.1, 0.15) is 129 Å². The van der Waals surface area contributed by atoms with Gasteiger partial charge in [-0.3, -0.25) is 48.1 Å². The average Bonchev–Trinajstić information content (AvgIpc) is 3.95. The van der Waals surface area contributed by atoms with Crippen molar-refractivity contribution in [3.8, 4) is 11.4 Å². The number of esters is 1. The number of unbranched alkanes of at least 4 members (excludes halogenated alkanes) is 2. The van der Waals surface area contributed by atoms with Crippen molar-refractivity contribution in [3.63, 3.8) is 0 Å². The van der Waals surface area contributed by atoms with Gasteiger partial charge in [0.25, 0.3) is 17.4 Å². The normalized spacial score (nSPS) is 17.5. The molecule has 0 radical (unpaired) electrons. The number of aromatic nitrogens is 2. The third-order valence-electron chi connectivity index (χ3n) is 15.0. The Kier molecular flexibility index (Phi) is 17.5. The van der Waals surface area contributed by atoms with Crippen LogP contribution in [0.5, 0.6) is 0 Å². The molecule has 1 aliphatic carbocycles. The van der Waals surface area contributed by atoms with Crippen LogP contribution in [-0.2, 0) is 84.2 Å². The zero-order chi connectivity index (χ0) is 55.1. The van der Waals surface area contributed by atoms with E-state index in [1.165, 1.54) is 21.6 Å². The molecule has 3 aliphatic heterocycles. The smallest absolute Gasteiger partial charge is 0.343 e. The van der Waals surface area contributed by atoms with Crippen molar-refractivity contribution < 1.29 is 62.1 Å². The van der Waals surface area contributed by atoms with E-state index < -0.39 is 52.5 Å². The molecule has 0 saturated carbocycles. The molecule has 4 aromatic rings. The number of carbonyl (C=O) groups is 9. The van der Waals surface area contributed by atoms with Crippen molar-refractivity contribution in [2.45, 2.75) is 129 Å². The molecule has 20 heteroatoms. The van der Waals surface area contributed by atoms with Gasteiger partial charge in [0.1, 0.15) is 18.2 Å². The van der Waals surface area contributed by atoms with Gasteiger partial charge in [0.2, 0.25) is 17.7 Å². The van der Waals surface area contributed by atoms with Crippen LogP contribution in [0.3, 0.4) is 0 Å². The van der Waals surface area contributed by atoms with Gasteiger partial charge in [-0.2, -0.15) is 0 Å². The maximum Gasteiger partial charge on any atom is 0.343 e. The molecule has 8 rings (SSSR count). The summed E-state index contributed by atoms with van der Waals surface area (Å²) in [5.41, 5.74) is 2.70. The van der Waals surface area contributed by atoms with Gasteiger partial charge >= 0.3 is 5.97 Å². The Labute approximate surface area is 443 Å². The molecular weight excluding hydrogens is 996 g/mol. The number of pyridine rings is 2. The van der Waals surface area contributed by atoms with E-state index in [4.69, 9.17) is 14.5 Å². The SMILES string of the molecule is CC[C@@]1(O)C(=O)OCc2c1cc1n(c2=O)Cc2c-1nc1cc(F)c(C)c3c1c2[C@@H](NC(=O)CCOCCC(=O)CNC(=O)[C@@H](CC(=O)CNC(=O)CCC(=O)CCCCCN1C(=O)C=C(C)C1=O)Cc1ccccc1)CC3. The van der Waals surface area contributed by atoms with E-state index in [1.807, 2.05) is 18.2 Å². The third-order valence-corrected chi connectivity index (χ3v) is 15.0. The fourth-order valence-corrected chi connectivity index (χ4v) is 10.6. The van der Waals surface area contributed by atoms with E-state index in [2.05, 4.69) is 16.0 Å². The summed E-state index contributed by atoms with van der Waals surface area (Å²) in [6.45, 7) is 4.22. The number of ether oxygens (including phenoxy) is 2. The molecule has 0 saturated heterocycles. The first kappa shape index (κ1) is 55.6. The molecule has 4 N–H and O–H groups in total. The number of Topliss-reactive ketones (excluding diaryl/α,β-unsaturated/α-hetero) is 3. The third kappa shape index (κ3) is 12.3.